The van der Waals surface area contributed by atoms with Gasteiger partial charge in [-0.15, -0.1) is 11.8 Å². The summed E-state index contributed by atoms with van der Waals surface area (Å²) in [5, 5.41) is 3.86. The van der Waals surface area contributed by atoms with Gasteiger partial charge in [0, 0.05) is 16.2 Å². The molecule has 2 unspecified atom stereocenters. The molecular formula is C18H23NOS. The van der Waals surface area contributed by atoms with Crippen molar-refractivity contribution in [2.45, 2.75) is 30.0 Å². The Morgan fingerprint density at radius 3 is 2.43 bits per heavy atom. The maximum atomic E-state index is 5.29. The Kier molecular flexibility index (Phi) is 5.71. The first-order valence-corrected chi connectivity index (χ1v) is 8.06. The lowest BCUT2D eigenvalue weighted by Crippen LogP contribution is -2.25. The lowest BCUT2D eigenvalue weighted by atomic mass is 10.0. The van der Waals surface area contributed by atoms with Crippen LogP contribution in [0.3, 0.4) is 0 Å². The van der Waals surface area contributed by atoms with Gasteiger partial charge in [-0.1, -0.05) is 42.8 Å². The largest absolute Gasteiger partial charge is 0.497 e. The van der Waals surface area contributed by atoms with E-state index in [2.05, 4.69) is 55.6 Å². The van der Waals surface area contributed by atoms with Gasteiger partial charge in [0.05, 0.1) is 7.11 Å². The molecule has 0 heterocycles. The number of thioether (sulfide) groups is 1. The van der Waals surface area contributed by atoms with E-state index in [1.807, 2.05) is 30.9 Å². The van der Waals surface area contributed by atoms with Crippen LogP contribution in [0, 0.1) is 6.92 Å². The smallest absolute Gasteiger partial charge is 0.119 e. The summed E-state index contributed by atoms with van der Waals surface area (Å²) < 4.78 is 5.29. The van der Waals surface area contributed by atoms with Gasteiger partial charge < -0.3 is 10.1 Å². The van der Waals surface area contributed by atoms with Gasteiger partial charge in [0.1, 0.15) is 5.75 Å². The van der Waals surface area contributed by atoms with Crippen molar-refractivity contribution < 1.29 is 4.74 Å². The molecule has 2 aromatic rings. The molecule has 0 amide bonds. The first-order valence-electron chi connectivity index (χ1n) is 7.18. The SMILES string of the molecule is CNC(c1ccc(C)cc1)C(C)Sc1cccc(OC)c1. The van der Waals surface area contributed by atoms with Gasteiger partial charge >= 0.3 is 0 Å². The quantitative estimate of drug-likeness (QED) is 0.797. The third kappa shape index (κ3) is 4.26. The zero-order valence-corrected chi connectivity index (χ0v) is 13.9. The minimum Gasteiger partial charge on any atom is -0.497 e. The molecule has 0 aliphatic carbocycles. The Hall–Kier alpha value is -1.45. The molecule has 21 heavy (non-hydrogen) atoms. The highest BCUT2D eigenvalue weighted by Crippen LogP contribution is 2.33. The first kappa shape index (κ1) is 15.9. The van der Waals surface area contributed by atoms with Crippen molar-refractivity contribution in [2.75, 3.05) is 14.2 Å². The standard InChI is InChI=1S/C18H23NOS/c1-13-8-10-15(11-9-13)18(19-3)14(2)21-17-7-5-6-16(12-17)20-4/h5-12,14,18-19H,1-4H3. The summed E-state index contributed by atoms with van der Waals surface area (Å²) in [7, 11) is 3.73. The van der Waals surface area contributed by atoms with E-state index < -0.39 is 0 Å². The van der Waals surface area contributed by atoms with Crippen LogP contribution in [-0.2, 0) is 0 Å². The number of benzene rings is 2. The van der Waals surface area contributed by atoms with Crippen molar-refractivity contribution in [3.8, 4) is 5.75 Å². The summed E-state index contributed by atoms with van der Waals surface area (Å²) >= 11 is 1.86. The monoisotopic (exact) mass is 301 g/mol. The van der Waals surface area contributed by atoms with E-state index in [1.165, 1.54) is 16.0 Å². The molecule has 0 radical (unpaired) electrons. The third-order valence-corrected chi connectivity index (χ3v) is 4.75. The minimum atomic E-state index is 0.321. The molecule has 0 aliphatic heterocycles. The predicted molar refractivity (Wildman–Crippen MR) is 91.3 cm³/mol. The van der Waals surface area contributed by atoms with E-state index in [-0.39, 0.29) is 0 Å². The maximum absolute atomic E-state index is 5.29. The second kappa shape index (κ2) is 7.53. The summed E-state index contributed by atoms with van der Waals surface area (Å²) in [5.74, 6) is 0.906. The highest BCUT2D eigenvalue weighted by Gasteiger charge is 2.18. The molecule has 1 N–H and O–H groups in total. The van der Waals surface area contributed by atoms with Crippen LogP contribution >= 0.6 is 11.8 Å². The molecule has 112 valence electrons. The fraction of sp³-hybridized carbons (Fsp3) is 0.333. The van der Waals surface area contributed by atoms with Crippen LogP contribution < -0.4 is 10.1 Å². The van der Waals surface area contributed by atoms with Gasteiger partial charge in [-0.25, -0.2) is 0 Å². The Balaban J connectivity index is 2.12. The van der Waals surface area contributed by atoms with E-state index in [9.17, 15) is 0 Å². The van der Waals surface area contributed by atoms with Crippen molar-refractivity contribution in [2.24, 2.45) is 0 Å². The molecule has 2 aromatic carbocycles. The van der Waals surface area contributed by atoms with Gasteiger partial charge in [0.25, 0.3) is 0 Å². The van der Waals surface area contributed by atoms with Crippen LogP contribution in [0.15, 0.2) is 53.4 Å². The summed E-state index contributed by atoms with van der Waals surface area (Å²) in [6.07, 6.45) is 0. The van der Waals surface area contributed by atoms with Crippen molar-refractivity contribution in [3.05, 3.63) is 59.7 Å². The number of methoxy groups -OCH3 is 1. The lowest BCUT2D eigenvalue weighted by Gasteiger charge is -2.24. The highest BCUT2D eigenvalue weighted by molar-refractivity contribution is 8.00. The van der Waals surface area contributed by atoms with Gasteiger partial charge in [-0.2, -0.15) is 0 Å². The Morgan fingerprint density at radius 1 is 1.10 bits per heavy atom. The van der Waals surface area contributed by atoms with Crippen LogP contribution in [0.2, 0.25) is 0 Å². The number of ether oxygens (including phenoxy) is 1. The van der Waals surface area contributed by atoms with E-state index in [4.69, 9.17) is 4.74 Å². The molecule has 0 aromatic heterocycles. The zero-order chi connectivity index (χ0) is 15.2. The second-order valence-electron chi connectivity index (χ2n) is 5.18. The molecule has 3 heteroatoms. The molecule has 0 fully saturated rings. The fourth-order valence-electron chi connectivity index (χ4n) is 2.40. The van der Waals surface area contributed by atoms with Crippen LogP contribution in [0.4, 0.5) is 0 Å². The average Bonchev–Trinajstić information content (AvgIpc) is 2.50. The molecular weight excluding hydrogens is 278 g/mol. The van der Waals surface area contributed by atoms with Gasteiger partial charge in [0.15, 0.2) is 0 Å². The lowest BCUT2D eigenvalue weighted by molar-refractivity contribution is 0.413. The number of hydrogen-bond acceptors (Lipinski definition) is 3. The summed E-state index contributed by atoms with van der Waals surface area (Å²) in [6, 6.07) is 17.3. The molecule has 0 aliphatic rings. The number of nitrogens with one attached hydrogen (secondary N) is 1. The fourth-order valence-corrected chi connectivity index (χ4v) is 3.60. The Labute approximate surface area is 131 Å². The number of aryl methyl sites for hydroxylation is 1. The van der Waals surface area contributed by atoms with Crippen molar-refractivity contribution in [1.82, 2.24) is 5.32 Å². The molecule has 0 saturated carbocycles. The summed E-state index contributed by atoms with van der Waals surface area (Å²) in [5.41, 5.74) is 2.62. The predicted octanol–water partition coefficient (Wildman–Crippen LogP) is 4.44. The topological polar surface area (TPSA) is 21.3 Å². The van der Waals surface area contributed by atoms with Crippen LogP contribution in [0.25, 0.3) is 0 Å². The minimum absolute atomic E-state index is 0.321. The summed E-state index contributed by atoms with van der Waals surface area (Å²) in [4.78, 5) is 1.23. The molecule has 2 rings (SSSR count). The summed E-state index contributed by atoms with van der Waals surface area (Å²) in [6.45, 7) is 4.37. The van der Waals surface area contributed by atoms with Crippen LogP contribution in [-0.4, -0.2) is 19.4 Å². The number of hydrogen-bond donors (Lipinski definition) is 1. The normalized spacial score (nSPS) is 13.7. The second-order valence-corrected chi connectivity index (χ2v) is 6.63. The molecule has 2 atom stereocenters. The highest BCUT2D eigenvalue weighted by atomic mass is 32.2. The van der Waals surface area contributed by atoms with Gasteiger partial charge in [-0.3, -0.25) is 0 Å². The van der Waals surface area contributed by atoms with Gasteiger partial charge in [-0.05, 0) is 37.7 Å². The van der Waals surface area contributed by atoms with E-state index in [0.717, 1.165) is 5.75 Å². The van der Waals surface area contributed by atoms with Crippen molar-refractivity contribution in [1.29, 1.82) is 0 Å². The van der Waals surface area contributed by atoms with Crippen LogP contribution in [0.5, 0.6) is 5.75 Å². The van der Waals surface area contributed by atoms with E-state index in [1.54, 1.807) is 7.11 Å². The third-order valence-electron chi connectivity index (χ3n) is 3.58. The van der Waals surface area contributed by atoms with E-state index in [0.29, 0.717) is 11.3 Å². The van der Waals surface area contributed by atoms with Crippen molar-refractivity contribution >= 4 is 11.8 Å². The van der Waals surface area contributed by atoms with Crippen molar-refractivity contribution in [3.63, 3.8) is 0 Å². The molecule has 2 nitrogen and oxygen atoms in total. The Morgan fingerprint density at radius 2 is 1.81 bits per heavy atom. The average molecular weight is 301 g/mol. The molecule has 0 spiro atoms. The Bertz CT molecular complexity index is 568. The first-order chi connectivity index (χ1) is 10.1. The maximum Gasteiger partial charge on any atom is 0.119 e. The van der Waals surface area contributed by atoms with Crippen LogP contribution in [0.1, 0.15) is 24.1 Å². The number of rotatable bonds is 6. The molecule has 0 saturated heterocycles. The van der Waals surface area contributed by atoms with Gasteiger partial charge in [0.2, 0.25) is 0 Å². The molecule has 0 bridgehead atoms. The van der Waals surface area contributed by atoms with E-state index >= 15 is 0 Å². The zero-order valence-electron chi connectivity index (χ0n) is 13.1.